The standard InChI is InChI=1S/C18H26FN3O3S/c1-2-9-22(14-7-8-20-13-14)26(24,25)15-5-6-16(17(19)12-15)18(23)21-10-3-4-11-21/h5-6,12,14,20H,2-4,7-11,13H2,1H3. The van der Waals surface area contributed by atoms with E-state index in [0.717, 1.165) is 31.9 Å². The van der Waals surface area contributed by atoms with Gasteiger partial charge in [-0.25, -0.2) is 12.8 Å². The van der Waals surface area contributed by atoms with Gasteiger partial charge in [0.15, 0.2) is 0 Å². The average molecular weight is 383 g/mol. The summed E-state index contributed by atoms with van der Waals surface area (Å²) >= 11 is 0. The molecule has 2 heterocycles. The van der Waals surface area contributed by atoms with Crippen LogP contribution in [-0.4, -0.2) is 62.3 Å². The Balaban J connectivity index is 1.87. The van der Waals surface area contributed by atoms with Gasteiger partial charge in [0.25, 0.3) is 5.91 Å². The van der Waals surface area contributed by atoms with Gasteiger partial charge < -0.3 is 10.2 Å². The number of nitrogens with zero attached hydrogens (tertiary/aromatic N) is 2. The molecule has 1 aromatic rings. The first-order valence-corrected chi connectivity index (χ1v) is 10.7. The van der Waals surface area contributed by atoms with E-state index in [1.807, 2.05) is 6.92 Å². The molecule has 0 saturated carbocycles. The van der Waals surface area contributed by atoms with Gasteiger partial charge in [-0.05, 0) is 50.4 Å². The summed E-state index contributed by atoms with van der Waals surface area (Å²) in [6.07, 6.45) is 3.26. The summed E-state index contributed by atoms with van der Waals surface area (Å²) in [7, 11) is -3.80. The fraction of sp³-hybridized carbons (Fsp3) is 0.611. The summed E-state index contributed by atoms with van der Waals surface area (Å²) in [5, 5.41) is 3.17. The van der Waals surface area contributed by atoms with Gasteiger partial charge >= 0.3 is 0 Å². The second-order valence-corrected chi connectivity index (χ2v) is 8.79. The lowest BCUT2D eigenvalue weighted by atomic mass is 10.2. The van der Waals surface area contributed by atoms with Gasteiger partial charge in [0.2, 0.25) is 10.0 Å². The molecular weight excluding hydrogens is 357 g/mol. The van der Waals surface area contributed by atoms with E-state index in [0.29, 0.717) is 32.6 Å². The predicted molar refractivity (Wildman–Crippen MR) is 97.0 cm³/mol. The molecule has 0 spiro atoms. The van der Waals surface area contributed by atoms with Crippen molar-refractivity contribution in [1.29, 1.82) is 0 Å². The third kappa shape index (κ3) is 3.77. The highest BCUT2D eigenvalue weighted by molar-refractivity contribution is 7.89. The van der Waals surface area contributed by atoms with Crippen LogP contribution >= 0.6 is 0 Å². The van der Waals surface area contributed by atoms with Crippen LogP contribution in [0.5, 0.6) is 0 Å². The molecule has 2 aliphatic heterocycles. The summed E-state index contributed by atoms with van der Waals surface area (Å²) < 4.78 is 42.1. The molecule has 1 amide bonds. The molecule has 3 rings (SSSR count). The predicted octanol–water partition coefficient (Wildman–Crippen LogP) is 1.82. The number of sulfonamides is 1. The maximum absolute atomic E-state index is 14.6. The van der Waals surface area contributed by atoms with Gasteiger partial charge in [-0.3, -0.25) is 4.79 Å². The lowest BCUT2D eigenvalue weighted by Gasteiger charge is -2.27. The highest BCUT2D eigenvalue weighted by Gasteiger charge is 2.33. The largest absolute Gasteiger partial charge is 0.339 e. The number of carbonyl (C=O) groups is 1. The Kier molecular flexibility index (Phi) is 5.94. The summed E-state index contributed by atoms with van der Waals surface area (Å²) in [4.78, 5) is 13.9. The van der Waals surface area contributed by atoms with Crippen LogP contribution in [-0.2, 0) is 10.0 Å². The second-order valence-electron chi connectivity index (χ2n) is 6.90. The van der Waals surface area contributed by atoms with Crippen LogP contribution in [0, 0.1) is 5.82 Å². The van der Waals surface area contributed by atoms with E-state index in [1.165, 1.54) is 16.4 Å². The molecule has 0 aliphatic carbocycles. The monoisotopic (exact) mass is 383 g/mol. The average Bonchev–Trinajstić information content (AvgIpc) is 3.32. The molecular formula is C18H26FN3O3S. The van der Waals surface area contributed by atoms with Crippen molar-refractivity contribution >= 4 is 15.9 Å². The molecule has 26 heavy (non-hydrogen) atoms. The lowest BCUT2D eigenvalue weighted by molar-refractivity contribution is 0.0788. The number of nitrogens with one attached hydrogen (secondary N) is 1. The first kappa shape index (κ1) is 19.3. The Morgan fingerprint density at radius 3 is 2.65 bits per heavy atom. The molecule has 0 radical (unpaired) electrons. The summed E-state index contributed by atoms with van der Waals surface area (Å²) in [5.74, 6) is -1.14. The highest BCUT2D eigenvalue weighted by atomic mass is 32.2. The number of hydrogen-bond acceptors (Lipinski definition) is 4. The first-order chi connectivity index (χ1) is 12.4. The van der Waals surface area contributed by atoms with E-state index in [4.69, 9.17) is 0 Å². The van der Waals surface area contributed by atoms with Crippen LogP contribution in [0.2, 0.25) is 0 Å². The third-order valence-electron chi connectivity index (χ3n) is 5.06. The zero-order chi connectivity index (χ0) is 18.7. The van der Waals surface area contributed by atoms with Crippen LogP contribution in [0.1, 0.15) is 43.0 Å². The van der Waals surface area contributed by atoms with Crippen molar-refractivity contribution in [2.75, 3.05) is 32.7 Å². The second kappa shape index (κ2) is 8.02. The lowest BCUT2D eigenvalue weighted by Crippen LogP contribution is -2.42. The van der Waals surface area contributed by atoms with Gasteiger partial charge in [0, 0.05) is 32.2 Å². The zero-order valence-electron chi connectivity index (χ0n) is 15.1. The van der Waals surface area contributed by atoms with E-state index < -0.39 is 15.8 Å². The minimum atomic E-state index is -3.80. The van der Waals surface area contributed by atoms with E-state index in [9.17, 15) is 17.6 Å². The van der Waals surface area contributed by atoms with Crippen molar-refractivity contribution in [3.63, 3.8) is 0 Å². The molecule has 2 aliphatic rings. The maximum atomic E-state index is 14.6. The Labute approximate surface area is 154 Å². The van der Waals surface area contributed by atoms with E-state index in [2.05, 4.69) is 5.32 Å². The molecule has 6 nitrogen and oxygen atoms in total. The Morgan fingerprint density at radius 1 is 1.35 bits per heavy atom. The first-order valence-electron chi connectivity index (χ1n) is 9.26. The number of hydrogen-bond donors (Lipinski definition) is 1. The van der Waals surface area contributed by atoms with Crippen LogP contribution < -0.4 is 5.32 Å². The fourth-order valence-corrected chi connectivity index (χ4v) is 5.42. The molecule has 0 aromatic heterocycles. The molecule has 1 N–H and O–H groups in total. The topological polar surface area (TPSA) is 69.7 Å². The van der Waals surface area contributed by atoms with Gasteiger partial charge in [0.05, 0.1) is 10.5 Å². The van der Waals surface area contributed by atoms with E-state index >= 15 is 0 Å². The molecule has 1 aromatic carbocycles. The van der Waals surface area contributed by atoms with Crippen molar-refractivity contribution in [3.8, 4) is 0 Å². The van der Waals surface area contributed by atoms with Gasteiger partial charge in [-0.2, -0.15) is 4.31 Å². The van der Waals surface area contributed by atoms with E-state index in [1.54, 1.807) is 4.90 Å². The number of benzene rings is 1. The van der Waals surface area contributed by atoms with Crippen molar-refractivity contribution in [1.82, 2.24) is 14.5 Å². The van der Waals surface area contributed by atoms with Crippen molar-refractivity contribution in [3.05, 3.63) is 29.6 Å². The quantitative estimate of drug-likeness (QED) is 0.814. The number of rotatable bonds is 6. The molecule has 2 fully saturated rings. The fourth-order valence-electron chi connectivity index (χ4n) is 3.66. The Morgan fingerprint density at radius 2 is 2.08 bits per heavy atom. The Hall–Kier alpha value is -1.51. The van der Waals surface area contributed by atoms with Gasteiger partial charge in [0.1, 0.15) is 5.82 Å². The number of carbonyl (C=O) groups excluding carboxylic acids is 1. The number of amides is 1. The summed E-state index contributed by atoms with van der Waals surface area (Å²) in [6.45, 7) is 4.94. The summed E-state index contributed by atoms with van der Waals surface area (Å²) in [5.41, 5.74) is -0.0598. The number of likely N-dealkylation sites (tertiary alicyclic amines) is 1. The van der Waals surface area contributed by atoms with Crippen LogP contribution in [0.4, 0.5) is 4.39 Å². The molecule has 1 unspecified atom stereocenters. The molecule has 8 heteroatoms. The molecule has 144 valence electrons. The van der Waals surface area contributed by atoms with Gasteiger partial charge in [-0.15, -0.1) is 0 Å². The van der Waals surface area contributed by atoms with Crippen LogP contribution in [0.25, 0.3) is 0 Å². The third-order valence-corrected chi connectivity index (χ3v) is 7.00. The SMILES string of the molecule is CCCN(C1CCNC1)S(=O)(=O)c1ccc(C(=O)N2CCCC2)c(F)c1. The van der Waals surface area contributed by atoms with E-state index in [-0.39, 0.29) is 22.4 Å². The minimum Gasteiger partial charge on any atom is -0.339 e. The van der Waals surface area contributed by atoms with Crippen molar-refractivity contribution in [2.24, 2.45) is 0 Å². The van der Waals surface area contributed by atoms with Crippen molar-refractivity contribution in [2.45, 2.75) is 43.5 Å². The van der Waals surface area contributed by atoms with Crippen LogP contribution in [0.3, 0.4) is 0 Å². The minimum absolute atomic E-state index is 0.0598. The maximum Gasteiger partial charge on any atom is 0.256 e. The van der Waals surface area contributed by atoms with Crippen LogP contribution in [0.15, 0.2) is 23.1 Å². The number of halogens is 1. The smallest absolute Gasteiger partial charge is 0.256 e. The van der Waals surface area contributed by atoms with Crippen molar-refractivity contribution < 1.29 is 17.6 Å². The normalized spacial score (nSPS) is 20.9. The molecule has 0 bridgehead atoms. The Bertz CT molecular complexity index is 757. The molecule has 2 saturated heterocycles. The zero-order valence-corrected chi connectivity index (χ0v) is 15.9. The van der Waals surface area contributed by atoms with Gasteiger partial charge in [-0.1, -0.05) is 6.92 Å². The highest BCUT2D eigenvalue weighted by Crippen LogP contribution is 2.24. The summed E-state index contributed by atoms with van der Waals surface area (Å²) in [6, 6.07) is 3.53. The molecule has 1 atom stereocenters.